The molecule has 2 N–H and O–H groups in total. The fourth-order valence-electron chi connectivity index (χ4n) is 3.12. The second kappa shape index (κ2) is 10.2. The van der Waals surface area contributed by atoms with Crippen LogP contribution in [0.15, 0.2) is 30.5 Å². The number of pyridine rings is 1. The topological polar surface area (TPSA) is 88.9 Å². The number of nitrogens with zero attached hydrogens (tertiary/aromatic N) is 3. The summed E-state index contributed by atoms with van der Waals surface area (Å²) >= 11 is 18.5. The predicted octanol–water partition coefficient (Wildman–Crippen LogP) is 5.81. The molecule has 0 saturated carbocycles. The van der Waals surface area contributed by atoms with E-state index < -0.39 is 29.4 Å². The molecule has 0 radical (unpaired) electrons. The average molecular weight is 535 g/mol. The van der Waals surface area contributed by atoms with Gasteiger partial charge in [0.15, 0.2) is 11.5 Å². The quantitative estimate of drug-likeness (QED) is 0.418. The van der Waals surface area contributed by atoms with Crippen molar-refractivity contribution in [3.05, 3.63) is 68.0 Å². The van der Waals surface area contributed by atoms with Crippen molar-refractivity contribution in [1.82, 2.24) is 20.1 Å². The number of benzene rings is 1. The van der Waals surface area contributed by atoms with Crippen LogP contribution in [0.2, 0.25) is 15.1 Å². The number of hydrogen-bond acceptors (Lipinski definition) is 4. The molecule has 2 aromatic heterocycles. The number of hydrogen-bond donors (Lipinski definition) is 2. The number of rotatable bonds is 6. The van der Waals surface area contributed by atoms with E-state index in [1.54, 1.807) is 6.07 Å². The molecular formula is C21H17Cl3F3N5O2. The van der Waals surface area contributed by atoms with Gasteiger partial charge < -0.3 is 10.6 Å². The third-order valence-corrected chi connectivity index (χ3v) is 5.60. The summed E-state index contributed by atoms with van der Waals surface area (Å²) in [7, 11) is 1.35. The van der Waals surface area contributed by atoms with Gasteiger partial charge in [-0.25, -0.2) is 9.67 Å². The Bertz CT molecular complexity index is 1260. The van der Waals surface area contributed by atoms with Crippen LogP contribution in [0.25, 0.3) is 5.82 Å². The van der Waals surface area contributed by atoms with Crippen LogP contribution in [0, 0.1) is 0 Å². The number of anilines is 1. The van der Waals surface area contributed by atoms with Crippen molar-refractivity contribution in [2.24, 2.45) is 0 Å². The van der Waals surface area contributed by atoms with Crippen molar-refractivity contribution in [1.29, 1.82) is 0 Å². The molecule has 0 unspecified atom stereocenters. The van der Waals surface area contributed by atoms with Gasteiger partial charge in [-0.1, -0.05) is 48.1 Å². The Morgan fingerprint density at radius 2 is 1.82 bits per heavy atom. The molecule has 0 aliphatic carbocycles. The summed E-state index contributed by atoms with van der Waals surface area (Å²) in [5.41, 5.74) is -1.45. The van der Waals surface area contributed by atoms with Crippen molar-refractivity contribution < 1.29 is 22.8 Å². The minimum Gasteiger partial charge on any atom is -0.355 e. The highest BCUT2D eigenvalue weighted by atomic mass is 35.5. The van der Waals surface area contributed by atoms with E-state index >= 15 is 0 Å². The smallest absolute Gasteiger partial charge is 0.355 e. The largest absolute Gasteiger partial charge is 0.435 e. The lowest BCUT2D eigenvalue weighted by molar-refractivity contribution is -0.141. The zero-order valence-corrected chi connectivity index (χ0v) is 20.0. The van der Waals surface area contributed by atoms with Crippen LogP contribution in [-0.2, 0) is 12.6 Å². The Balaban J connectivity index is 2.15. The molecular weight excluding hydrogens is 518 g/mol. The summed E-state index contributed by atoms with van der Waals surface area (Å²) < 4.78 is 41.1. The molecule has 2 amide bonds. The highest BCUT2D eigenvalue weighted by Crippen LogP contribution is 2.34. The lowest BCUT2D eigenvalue weighted by atomic mass is 10.1. The lowest BCUT2D eigenvalue weighted by Gasteiger charge is -2.14. The fraction of sp³-hybridized carbons (Fsp3) is 0.238. The zero-order chi connectivity index (χ0) is 25.2. The van der Waals surface area contributed by atoms with E-state index in [9.17, 15) is 22.8 Å². The average Bonchev–Trinajstić information content (AvgIpc) is 3.22. The van der Waals surface area contributed by atoms with Gasteiger partial charge >= 0.3 is 6.18 Å². The second-order valence-corrected chi connectivity index (χ2v) is 8.25. The molecule has 0 spiro atoms. The van der Waals surface area contributed by atoms with Crippen molar-refractivity contribution in [3.63, 3.8) is 0 Å². The summed E-state index contributed by atoms with van der Waals surface area (Å²) in [6.07, 6.45) is -2.22. The number of halogens is 6. The van der Waals surface area contributed by atoms with E-state index in [2.05, 4.69) is 20.7 Å². The summed E-state index contributed by atoms with van der Waals surface area (Å²) in [6.45, 7) is 1.91. The Kier molecular flexibility index (Phi) is 7.74. The van der Waals surface area contributed by atoms with Crippen LogP contribution in [0.5, 0.6) is 0 Å². The van der Waals surface area contributed by atoms with Gasteiger partial charge in [0.1, 0.15) is 5.69 Å². The maximum Gasteiger partial charge on any atom is 0.435 e. The normalized spacial score (nSPS) is 11.4. The fourth-order valence-corrected chi connectivity index (χ4v) is 3.94. The summed E-state index contributed by atoms with van der Waals surface area (Å²) in [5.74, 6) is -1.81. The van der Waals surface area contributed by atoms with Gasteiger partial charge in [0, 0.05) is 24.3 Å². The van der Waals surface area contributed by atoms with Gasteiger partial charge in [-0.2, -0.15) is 18.3 Å². The maximum absolute atomic E-state index is 13.5. The van der Waals surface area contributed by atoms with E-state index in [-0.39, 0.29) is 32.1 Å². The van der Waals surface area contributed by atoms with Gasteiger partial charge in [-0.3, -0.25) is 9.59 Å². The maximum atomic E-state index is 13.5. The first-order chi connectivity index (χ1) is 16.0. The van der Waals surface area contributed by atoms with Crippen molar-refractivity contribution >= 4 is 52.3 Å². The van der Waals surface area contributed by atoms with Crippen LogP contribution >= 0.6 is 34.8 Å². The SMILES string of the molecule is CCCc1ccnc(-n2nc(C(F)(F)F)cc2C(=O)Nc2c(Cl)cc(Cl)cc2C(=O)NC)c1Cl. The van der Waals surface area contributed by atoms with Crippen molar-refractivity contribution in [2.45, 2.75) is 25.9 Å². The van der Waals surface area contributed by atoms with E-state index in [1.807, 2.05) is 6.92 Å². The highest BCUT2D eigenvalue weighted by Gasteiger charge is 2.37. The Hall–Kier alpha value is -2.82. The highest BCUT2D eigenvalue weighted by molar-refractivity contribution is 6.38. The second-order valence-electron chi connectivity index (χ2n) is 7.03. The molecule has 0 aliphatic rings. The minimum absolute atomic E-state index is 0.0609. The van der Waals surface area contributed by atoms with Gasteiger partial charge in [-0.15, -0.1) is 0 Å². The van der Waals surface area contributed by atoms with E-state index in [0.717, 1.165) is 6.42 Å². The van der Waals surface area contributed by atoms with Crippen molar-refractivity contribution in [3.8, 4) is 5.82 Å². The number of aromatic nitrogens is 3. The first-order valence-electron chi connectivity index (χ1n) is 9.81. The third kappa shape index (κ3) is 5.29. The number of alkyl halides is 3. The molecule has 7 nitrogen and oxygen atoms in total. The number of nitrogens with one attached hydrogen (secondary N) is 2. The molecule has 34 heavy (non-hydrogen) atoms. The molecule has 0 bridgehead atoms. The van der Waals surface area contributed by atoms with Gasteiger partial charge in [0.2, 0.25) is 0 Å². The first-order valence-corrected chi connectivity index (χ1v) is 10.9. The predicted molar refractivity (Wildman–Crippen MR) is 123 cm³/mol. The summed E-state index contributed by atoms with van der Waals surface area (Å²) in [5, 5.41) is 8.38. The molecule has 3 aromatic rings. The molecule has 0 atom stereocenters. The van der Waals surface area contributed by atoms with Gasteiger partial charge in [0.25, 0.3) is 11.8 Å². The van der Waals surface area contributed by atoms with Gasteiger partial charge in [0.05, 0.1) is 21.3 Å². The number of aryl methyl sites for hydroxylation is 1. The molecule has 180 valence electrons. The van der Waals surface area contributed by atoms with Gasteiger partial charge in [-0.05, 0) is 30.2 Å². The Labute approximate surface area is 207 Å². The summed E-state index contributed by atoms with van der Waals surface area (Å²) in [4.78, 5) is 29.4. The van der Waals surface area contributed by atoms with E-state index in [4.69, 9.17) is 34.8 Å². The minimum atomic E-state index is -4.85. The first kappa shape index (κ1) is 25.8. The van der Waals surface area contributed by atoms with E-state index in [0.29, 0.717) is 22.7 Å². The molecule has 13 heteroatoms. The number of carbonyl (C=O) groups excluding carboxylic acids is 2. The Morgan fingerprint density at radius 3 is 2.44 bits per heavy atom. The molecule has 1 aromatic carbocycles. The van der Waals surface area contributed by atoms with Crippen LogP contribution in [0.4, 0.5) is 18.9 Å². The lowest BCUT2D eigenvalue weighted by Crippen LogP contribution is -2.23. The molecule has 0 saturated heterocycles. The van der Waals surface area contributed by atoms with Crippen LogP contribution < -0.4 is 10.6 Å². The molecule has 0 aliphatic heterocycles. The van der Waals surface area contributed by atoms with Crippen LogP contribution in [0.3, 0.4) is 0 Å². The third-order valence-electron chi connectivity index (χ3n) is 4.67. The van der Waals surface area contributed by atoms with Crippen LogP contribution in [0.1, 0.15) is 45.4 Å². The van der Waals surface area contributed by atoms with Crippen molar-refractivity contribution in [2.75, 3.05) is 12.4 Å². The monoisotopic (exact) mass is 533 g/mol. The number of amides is 2. The zero-order valence-electron chi connectivity index (χ0n) is 17.7. The standard InChI is InChI=1S/C21H17Cl3F3N5O2/c1-3-4-10-5-6-29-18(16(10)24)32-14(9-15(31-32)21(25,26)27)20(34)30-17-12(19(33)28-2)7-11(22)8-13(17)23/h5-9H,3-4H2,1-2H3,(H,28,33)(H,30,34). The molecule has 3 rings (SSSR count). The Morgan fingerprint density at radius 1 is 1.12 bits per heavy atom. The molecule has 2 heterocycles. The van der Waals surface area contributed by atoms with Crippen LogP contribution in [-0.4, -0.2) is 33.6 Å². The number of carbonyl (C=O) groups is 2. The summed E-state index contributed by atoms with van der Waals surface area (Å²) in [6, 6.07) is 4.72. The van der Waals surface area contributed by atoms with E-state index in [1.165, 1.54) is 25.4 Å². The molecule has 0 fully saturated rings.